The molecule has 0 aliphatic heterocycles. The van der Waals surface area contributed by atoms with Gasteiger partial charge in [0.1, 0.15) is 0 Å². The van der Waals surface area contributed by atoms with Crippen molar-refractivity contribution in [1.29, 1.82) is 0 Å². The molecule has 0 unspecified atom stereocenters. The molecule has 0 nitrogen and oxygen atoms in total. The van der Waals surface area contributed by atoms with Crippen LogP contribution in [0.15, 0.2) is 72.8 Å². The summed E-state index contributed by atoms with van der Waals surface area (Å²) in [6.07, 6.45) is 14.4. The molecule has 4 aromatic carbocycles. The standard InChI is InChI=1S/C33H37P/c1-24-20-21-25-12-8-10-18-29(25)32(24)33-30-19-11-9-13-26(30)22-23-31(33)34(27-14-4-2-5-15-27)28-16-6-3-7-17-28/h8-13,18-23,27-28H,2-7,14-17H2,1H3. The van der Waals surface area contributed by atoms with Crippen LogP contribution in [0.1, 0.15) is 69.8 Å². The molecule has 2 fully saturated rings. The van der Waals surface area contributed by atoms with Gasteiger partial charge in [0.2, 0.25) is 0 Å². The van der Waals surface area contributed by atoms with Gasteiger partial charge < -0.3 is 0 Å². The monoisotopic (exact) mass is 464 g/mol. The molecule has 2 saturated carbocycles. The molecule has 0 atom stereocenters. The molecule has 0 radical (unpaired) electrons. The highest BCUT2D eigenvalue weighted by Gasteiger charge is 2.34. The minimum absolute atomic E-state index is 0.177. The molecule has 6 rings (SSSR count). The number of hydrogen-bond donors (Lipinski definition) is 0. The summed E-state index contributed by atoms with van der Waals surface area (Å²) in [7, 11) is -0.177. The lowest BCUT2D eigenvalue weighted by atomic mass is 9.90. The maximum atomic E-state index is 2.58. The summed E-state index contributed by atoms with van der Waals surface area (Å²) in [4.78, 5) is 0. The molecule has 2 aliphatic carbocycles. The Bertz CT molecular complexity index is 1270. The Morgan fingerprint density at radius 1 is 0.529 bits per heavy atom. The van der Waals surface area contributed by atoms with E-state index in [1.165, 1.54) is 96.9 Å². The van der Waals surface area contributed by atoms with E-state index in [1.54, 1.807) is 10.9 Å². The molecule has 0 amide bonds. The Balaban J connectivity index is 1.64. The molecular formula is C33H37P. The highest BCUT2D eigenvalue weighted by atomic mass is 31.1. The van der Waals surface area contributed by atoms with Crippen molar-refractivity contribution in [2.75, 3.05) is 0 Å². The Labute approximate surface area is 206 Å². The van der Waals surface area contributed by atoms with Crippen LogP contribution in [0.3, 0.4) is 0 Å². The van der Waals surface area contributed by atoms with Crippen LogP contribution in [0, 0.1) is 6.92 Å². The molecule has 174 valence electrons. The first-order valence-corrected chi connectivity index (χ1v) is 15.1. The van der Waals surface area contributed by atoms with Crippen molar-refractivity contribution in [3.05, 3.63) is 78.4 Å². The summed E-state index contributed by atoms with van der Waals surface area (Å²) in [6.45, 7) is 2.33. The minimum Gasteiger partial charge on any atom is -0.0683 e. The largest absolute Gasteiger partial charge is 0.0683 e. The van der Waals surface area contributed by atoms with Gasteiger partial charge in [-0.1, -0.05) is 119 Å². The van der Waals surface area contributed by atoms with Gasteiger partial charge in [0.25, 0.3) is 0 Å². The first-order valence-electron chi connectivity index (χ1n) is 13.6. The van der Waals surface area contributed by atoms with Crippen LogP contribution < -0.4 is 5.30 Å². The van der Waals surface area contributed by atoms with Gasteiger partial charge in [-0.05, 0) is 87.5 Å². The lowest BCUT2D eigenvalue weighted by molar-refractivity contribution is 0.487. The second kappa shape index (κ2) is 9.83. The maximum Gasteiger partial charge on any atom is -0.00193 e. The van der Waals surface area contributed by atoms with E-state index >= 15 is 0 Å². The summed E-state index contributed by atoms with van der Waals surface area (Å²) in [5.74, 6) is 0. The summed E-state index contributed by atoms with van der Waals surface area (Å²) in [5, 5.41) is 7.34. The zero-order chi connectivity index (χ0) is 22.9. The van der Waals surface area contributed by atoms with Gasteiger partial charge in [-0.3, -0.25) is 0 Å². The number of fused-ring (bicyclic) bond motifs is 2. The average molecular weight is 465 g/mol. The van der Waals surface area contributed by atoms with Crippen molar-refractivity contribution < 1.29 is 0 Å². The molecule has 0 N–H and O–H groups in total. The first-order chi connectivity index (χ1) is 16.8. The van der Waals surface area contributed by atoms with Crippen molar-refractivity contribution in [2.45, 2.75) is 82.4 Å². The fourth-order valence-corrected chi connectivity index (χ4v) is 10.8. The van der Waals surface area contributed by atoms with Crippen molar-refractivity contribution in [2.24, 2.45) is 0 Å². The minimum atomic E-state index is -0.177. The van der Waals surface area contributed by atoms with Crippen LogP contribution in [0.25, 0.3) is 32.7 Å². The van der Waals surface area contributed by atoms with E-state index in [4.69, 9.17) is 0 Å². The Morgan fingerprint density at radius 3 is 1.62 bits per heavy atom. The quantitative estimate of drug-likeness (QED) is 0.264. The van der Waals surface area contributed by atoms with Gasteiger partial charge in [0.05, 0.1) is 0 Å². The van der Waals surface area contributed by atoms with E-state index in [9.17, 15) is 0 Å². The number of hydrogen-bond acceptors (Lipinski definition) is 0. The average Bonchev–Trinajstić information content (AvgIpc) is 2.90. The van der Waals surface area contributed by atoms with Gasteiger partial charge in [0.15, 0.2) is 0 Å². The predicted molar refractivity (Wildman–Crippen MR) is 152 cm³/mol. The van der Waals surface area contributed by atoms with Crippen LogP contribution in [-0.2, 0) is 0 Å². The highest BCUT2D eigenvalue weighted by Crippen LogP contribution is 2.57. The third-order valence-corrected chi connectivity index (χ3v) is 12.0. The lowest BCUT2D eigenvalue weighted by Gasteiger charge is -2.40. The molecule has 0 spiro atoms. The zero-order valence-electron chi connectivity index (χ0n) is 20.6. The maximum absolute atomic E-state index is 2.58. The molecule has 2 aliphatic rings. The summed E-state index contributed by atoms with van der Waals surface area (Å²) < 4.78 is 0. The molecule has 0 saturated heterocycles. The Morgan fingerprint density at radius 2 is 1.03 bits per heavy atom. The van der Waals surface area contributed by atoms with E-state index < -0.39 is 0 Å². The van der Waals surface area contributed by atoms with Gasteiger partial charge in [-0.2, -0.15) is 0 Å². The lowest BCUT2D eigenvalue weighted by Crippen LogP contribution is -2.27. The smallest absolute Gasteiger partial charge is 0.00193 e. The second-order valence-electron chi connectivity index (χ2n) is 10.7. The molecule has 0 aromatic heterocycles. The van der Waals surface area contributed by atoms with Crippen LogP contribution in [0.5, 0.6) is 0 Å². The molecule has 0 bridgehead atoms. The molecule has 34 heavy (non-hydrogen) atoms. The van der Waals surface area contributed by atoms with E-state index in [0.717, 1.165) is 11.3 Å². The number of benzene rings is 4. The molecule has 4 aromatic rings. The van der Waals surface area contributed by atoms with Crippen molar-refractivity contribution in [3.63, 3.8) is 0 Å². The van der Waals surface area contributed by atoms with E-state index in [2.05, 4.69) is 79.7 Å². The normalized spacial score (nSPS) is 18.2. The summed E-state index contributed by atoms with van der Waals surface area (Å²) in [5.41, 5.74) is 6.28. The molecule has 1 heteroatoms. The van der Waals surface area contributed by atoms with Gasteiger partial charge >= 0.3 is 0 Å². The van der Waals surface area contributed by atoms with Crippen LogP contribution in [0.2, 0.25) is 0 Å². The Hall–Kier alpha value is -2.17. The van der Waals surface area contributed by atoms with E-state index in [-0.39, 0.29) is 7.92 Å². The number of aryl methyl sites for hydroxylation is 1. The van der Waals surface area contributed by atoms with Crippen molar-refractivity contribution in [3.8, 4) is 11.1 Å². The molecular weight excluding hydrogens is 427 g/mol. The summed E-state index contributed by atoms with van der Waals surface area (Å²) >= 11 is 0. The van der Waals surface area contributed by atoms with Gasteiger partial charge in [-0.15, -0.1) is 0 Å². The zero-order valence-corrected chi connectivity index (χ0v) is 21.5. The van der Waals surface area contributed by atoms with Crippen LogP contribution >= 0.6 is 7.92 Å². The number of rotatable bonds is 4. The van der Waals surface area contributed by atoms with E-state index in [0.29, 0.717) is 0 Å². The predicted octanol–water partition coefficient (Wildman–Crippen LogP) is 9.74. The topological polar surface area (TPSA) is 0 Å². The second-order valence-corrected chi connectivity index (χ2v) is 13.4. The van der Waals surface area contributed by atoms with Crippen LogP contribution in [0.4, 0.5) is 0 Å². The third-order valence-electron chi connectivity index (χ3n) is 8.51. The first kappa shape index (κ1) is 22.3. The third kappa shape index (κ3) is 4.09. The van der Waals surface area contributed by atoms with Crippen LogP contribution in [-0.4, -0.2) is 11.3 Å². The molecule has 0 heterocycles. The highest BCUT2D eigenvalue weighted by molar-refractivity contribution is 7.67. The SMILES string of the molecule is Cc1ccc2ccccc2c1-c1c(P(C2CCCCC2)C2CCCCC2)ccc2ccccc12. The van der Waals surface area contributed by atoms with Crippen molar-refractivity contribution >= 4 is 34.8 Å². The van der Waals surface area contributed by atoms with Gasteiger partial charge in [0, 0.05) is 0 Å². The fourth-order valence-electron chi connectivity index (χ4n) is 6.86. The van der Waals surface area contributed by atoms with E-state index in [1.807, 2.05) is 0 Å². The summed E-state index contributed by atoms with van der Waals surface area (Å²) in [6, 6.07) is 27.9. The van der Waals surface area contributed by atoms with Gasteiger partial charge in [-0.25, -0.2) is 0 Å². The Kier molecular flexibility index (Phi) is 6.45. The fraction of sp³-hybridized carbons (Fsp3) is 0.394. The van der Waals surface area contributed by atoms with Crippen molar-refractivity contribution in [1.82, 2.24) is 0 Å².